The largest absolute Gasteiger partial charge is 0.497 e. The van der Waals surface area contributed by atoms with Crippen LogP contribution in [-0.2, 0) is 0 Å². The van der Waals surface area contributed by atoms with Crippen molar-refractivity contribution in [3.05, 3.63) is 54.1 Å². The second-order valence-electron chi connectivity index (χ2n) is 7.48. The molecule has 148 valence electrons. The first-order chi connectivity index (χ1) is 13.4. The van der Waals surface area contributed by atoms with E-state index in [1.807, 2.05) is 48.5 Å². The van der Waals surface area contributed by atoms with Gasteiger partial charge in [-0.2, -0.15) is 0 Å². The third-order valence-electron chi connectivity index (χ3n) is 4.11. The molecule has 0 aromatic heterocycles. The lowest BCUT2D eigenvalue weighted by molar-refractivity contribution is 0.415. The Kier molecular flexibility index (Phi) is 7.52. The SMILES string of the molecule is CCN(CC)C(=Nc1ccccc1C#CC(C)(C)C)Nc1ccc(OC)cc1. The number of rotatable bonds is 5. The summed E-state index contributed by atoms with van der Waals surface area (Å²) in [5.74, 6) is 8.23. The normalized spacial score (nSPS) is 11.4. The molecule has 2 aromatic rings. The lowest BCUT2D eigenvalue weighted by Crippen LogP contribution is -2.36. The average molecular weight is 378 g/mol. The Hall–Kier alpha value is -2.93. The van der Waals surface area contributed by atoms with Gasteiger partial charge >= 0.3 is 0 Å². The van der Waals surface area contributed by atoms with Gasteiger partial charge in [0.15, 0.2) is 0 Å². The highest BCUT2D eigenvalue weighted by molar-refractivity contribution is 5.95. The van der Waals surface area contributed by atoms with Gasteiger partial charge in [-0.25, -0.2) is 4.99 Å². The molecule has 0 aliphatic heterocycles. The number of methoxy groups -OCH3 is 1. The molecule has 0 saturated carbocycles. The molecular weight excluding hydrogens is 346 g/mol. The standard InChI is InChI=1S/C24H31N3O/c1-7-27(8-2)23(25-20-13-15-21(28-6)16-14-20)26-22-12-10-9-11-19(22)17-18-24(3,4)5/h9-16H,7-8H2,1-6H3,(H,25,26). The average Bonchev–Trinajstić information content (AvgIpc) is 2.68. The Morgan fingerprint density at radius 1 is 1.04 bits per heavy atom. The van der Waals surface area contributed by atoms with Crippen molar-refractivity contribution >= 4 is 17.3 Å². The van der Waals surface area contributed by atoms with Gasteiger partial charge in [0.25, 0.3) is 0 Å². The van der Waals surface area contributed by atoms with Crippen molar-refractivity contribution in [3.8, 4) is 17.6 Å². The fourth-order valence-electron chi connectivity index (χ4n) is 2.55. The summed E-state index contributed by atoms with van der Waals surface area (Å²) in [7, 11) is 1.67. The minimum absolute atomic E-state index is 0.0557. The number of ether oxygens (including phenoxy) is 1. The maximum atomic E-state index is 5.25. The summed E-state index contributed by atoms with van der Waals surface area (Å²) in [4.78, 5) is 7.13. The number of para-hydroxylation sites is 1. The summed E-state index contributed by atoms with van der Waals surface area (Å²) in [6.45, 7) is 12.3. The third-order valence-corrected chi connectivity index (χ3v) is 4.11. The Morgan fingerprint density at radius 2 is 1.68 bits per heavy atom. The Bertz CT molecular complexity index is 848. The van der Waals surface area contributed by atoms with Gasteiger partial charge in [0.1, 0.15) is 5.75 Å². The molecule has 0 atom stereocenters. The number of nitrogens with one attached hydrogen (secondary N) is 1. The number of hydrogen-bond donors (Lipinski definition) is 1. The molecule has 2 rings (SSSR count). The van der Waals surface area contributed by atoms with Crippen LogP contribution < -0.4 is 10.1 Å². The fraction of sp³-hybridized carbons (Fsp3) is 0.375. The van der Waals surface area contributed by atoms with E-state index in [9.17, 15) is 0 Å². The monoisotopic (exact) mass is 377 g/mol. The molecule has 0 amide bonds. The van der Waals surface area contributed by atoms with E-state index in [4.69, 9.17) is 9.73 Å². The Morgan fingerprint density at radius 3 is 2.25 bits per heavy atom. The highest BCUT2D eigenvalue weighted by Crippen LogP contribution is 2.21. The number of aliphatic imine (C=N–C) groups is 1. The molecule has 0 saturated heterocycles. The highest BCUT2D eigenvalue weighted by atomic mass is 16.5. The second-order valence-corrected chi connectivity index (χ2v) is 7.48. The summed E-state index contributed by atoms with van der Waals surface area (Å²) in [5.41, 5.74) is 2.70. The third kappa shape index (κ3) is 6.35. The van der Waals surface area contributed by atoms with Crippen LogP contribution in [0, 0.1) is 17.3 Å². The molecule has 4 nitrogen and oxygen atoms in total. The molecule has 1 N–H and O–H groups in total. The van der Waals surface area contributed by atoms with E-state index in [2.05, 4.69) is 56.7 Å². The molecule has 0 aliphatic rings. The van der Waals surface area contributed by atoms with Crippen molar-refractivity contribution in [2.45, 2.75) is 34.6 Å². The van der Waals surface area contributed by atoms with E-state index >= 15 is 0 Å². The van der Waals surface area contributed by atoms with E-state index in [1.165, 1.54) is 0 Å². The molecule has 0 bridgehead atoms. The minimum Gasteiger partial charge on any atom is -0.497 e. The zero-order valence-electron chi connectivity index (χ0n) is 17.8. The molecule has 0 aliphatic carbocycles. The minimum atomic E-state index is -0.0557. The van der Waals surface area contributed by atoms with Crippen molar-refractivity contribution in [2.75, 3.05) is 25.5 Å². The summed E-state index contributed by atoms with van der Waals surface area (Å²) in [6.07, 6.45) is 0. The summed E-state index contributed by atoms with van der Waals surface area (Å²) < 4.78 is 5.25. The van der Waals surface area contributed by atoms with Gasteiger partial charge in [0.2, 0.25) is 5.96 Å². The van der Waals surface area contributed by atoms with E-state index in [0.29, 0.717) is 0 Å². The first-order valence-electron chi connectivity index (χ1n) is 9.73. The maximum absolute atomic E-state index is 5.25. The highest BCUT2D eigenvalue weighted by Gasteiger charge is 2.10. The van der Waals surface area contributed by atoms with Gasteiger partial charge in [-0.1, -0.05) is 24.0 Å². The number of benzene rings is 2. The second kappa shape index (κ2) is 9.85. The quantitative estimate of drug-likeness (QED) is 0.423. The van der Waals surface area contributed by atoms with Crippen LogP contribution in [-0.4, -0.2) is 31.1 Å². The van der Waals surface area contributed by atoms with Gasteiger partial charge in [-0.3, -0.25) is 0 Å². The van der Waals surface area contributed by atoms with Crippen molar-refractivity contribution in [1.82, 2.24) is 4.90 Å². The lowest BCUT2D eigenvalue weighted by Gasteiger charge is -2.24. The summed E-state index contributed by atoms with van der Waals surface area (Å²) in [6, 6.07) is 15.9. The van der Waals surface area contributed by atoms with E-state index in [-0.39, 0.29) is 5.41 Å². The number of guanidine groups is 1. The van der Waals surface area contributed by atoms with Gasteiger partial charge in [-0.05, 0) is 71.0 Å². The zero-order valence-corrected chi connectivity index (χ0v) is 17.8. The molecule has 28 heavy (non-hydrogen) atoms. The van der Waals surface area contributed by atoms with Crippen LogP contribution in [0.3, 0.4) is 0 Å². The predicted molar refractivity (Wildman–Crippen MR) is 119 cm³/mol. The van der Waals surface area contributed by atoms with Crippen LogP contribution in [0.25, 0.3) is 0 Å². The maximum Gasteiger partial charge on any atom is 0.203 e. The van der Waals surface area contributed by atoms with Gasteiger partial charge < -0.3 is 15.0 Å². The molecule has 0 spiro atoms. The molecule has 0 unspecified atom stereocenters. The molecule has 2 aromatic carbocycles. The molecule has 0 heterocycles. The lowest BCUT2D eigenvalue weighted by atomic mass is 9.97. The van der Waals surface area contributed by atoms with E-state index in [0.717, 1.165) is 41.7 Å². The van der Waals surface area contributed by atoms with Crippen molar-refractivity contribution < 1.29 is 4.74 Å². The van der Waals surface area contributed by atoms with Gasteiger partial charge in [0, 0.05) is 24.2 Å². The van der Waals surface area contributed by atoms with Crippen LogP contribution in [0.4, 0.5) is 11.4 Å². The number of anilines is 1. The van der Waals surface area contributed by atoms with Crippen LogP contribution in [0.1, 0.15) is 40.2 Å². The molecule has 4 heteroatoms. The zero-order chi connectivity index (χ0) is 20.6. The summed E-state index contributed by atoms with van der Waals surface area (Å²) in [5, 5.41) is 3.45. The van der Waals surface area contributed by atoms with E-state index in [1.54, 1.807) is 7.11 Å². The van der Waals surface area contributed by atoms with Gasteiger partial charge in [0.05, 0.1) is 18.4 Å². The predicted octanol–water partition coefficient (Wildman–Crippen LogP) is 5.53. The number of hydrogen-bond acceptors (Lipinski definition) is 2. The van der Waals surface area contributed by atoms with Crippen LogP contribution >= 0.6 is 0 Å². The molecule has 0 radical (unpaired) electrons. The first kappa shape index (κ1) is 21.4. The van der Waals surface area contributed by atoms with Crippen molar-refractivity contribution in [3.63, 3.8) is 0 Å². The first-order valence-corrected chi connectivity index (χ1v) is 9.73. The topological polar surface area (TPSA) is 36.9 Å². The van der Waals surface area contributed by atoms with Crippen LogP contribution in [0.2, 0.25) is 0 Å². The fourth-order valence-corrected chi connectivity index (χ4v) is 2.55. The summed E-state index contributed by atoms with van der Waals surface area (Å²) >= 11 is 0. The Balaban J connectivity index is 2.43. The smallest absolute Gasteiger partial charge is 0.203 e. The molecular formula is C24H31N3O. The van der Waals surface area contributed by atoms with Crippen molar-refractivity contribution in [1.29, 1.82) is 0 Å². The van der Waals surface area contributed by atoms with Crippen LogP contribution in [0.5, 0.6) is 5.75 Å². The molecule has 0 fully saturated rings. The van der Waals surface area contributed by atoms with Crippen LogP contribution in [0.15, 0.2) is 53.5 Å². The Labute approximate surface area is 169 Å². The van der Waals surface area contributed by atoms with Crippen molar-refractivity contribution in [2.24, 2.45) is 10.4 Å². The van der Waals surface area contributed by atoms with Gasteiger partial charge in [-0.15, -0.1) is 0 Å². The number of nitrogens with zero attached hydrogens (tertiary/aromatic N) is 2. The van der Waals surface area contributed by atoms with E-state index < -0.39 is 0 Å².